The normalized spacial score (nSPS) is 15.1. The quantitative estimate of drug-likeness (QED) is 0.443. The summed E-state index contributed by atoms with van der Waals surface area (Å²) in [6.45, 7) is 4.30. The molecule has 0 aliphatic heterocycles. The summed E-state index contributed by atoms with van der Waals surface area (Å²) in [5.41, 5.74) is 9.35. The molecule has 4 rings (SSSR count). The largest absolute Gasteiger partial charge is 0.143 e. The summed E-state index contributed by atoms with van der Waals surface area (Å²) in [6.07, 6.45) is 6.68. The smallest absolute Gasteiger partial charge is 0.0125 e. The van der Waals surface area contributed by atoms with Crippen molar-refractivity contribution in [2.75, 3.05) is 0 Å². The molecule has 1 fully saturated rings. The van der Waals surface area contributed by atoms with Gasteiger partial charge in [-0.1, -0.05) is 85.0 Å². The molecule has 0 saturated heterocycles. The fourth-order valence-corrected chi connectivity index (χ4v) is 4.72. The Bertz CT molecular complexity index is 914. The van der Waals surface area contributed by atoms with Gasteiger partial charge in [0.15, 0.2) is 0 Å². The van der Waals surface area contributed by atoms with Gasteiger partial charge in [0.25, 0.3) is 0 Å². The second kappa shape index (κ2) is 7.94. The van der Waals surface area contributed by atoms with Crippen LogP contribution in [0.1, 0.15) is 54.7 Å². The van der Waals surface area contributed by atoms with Crippen LogP contribution in [-0.2, 0) is 0 Å². The van der Waals surface area contributed by atoms with Crippen molar-refractivity contribution < 1.29 is 0 Å². The van der Waals surface area contributed by atoms with E-state index in [9.17, 15) is 0 Å². The van der Waals surface area contributed by atoms with E-state index in [-0.39, 0.29) is 0 Å². The molecule has 3 aromatic carbocycles. The first kappa shape index (κ1) is 18.4. The molecule has 0 aromatic heterocycles. The van der Waals surface area contributed by atoms with Crippen molar-refractivity contribution in [1.29, 1.82) is 0 Å². The van der Waals surface area contributed by atoms with Crippen molar-refractivity contribution >= 4 is 12.6 Å². The van der Waals surface area contributed by atoms with Crippen LogP contribution < -0.4 is 0 Å². The average molecular weight is 373 g/mol. The lowest BCUT2D eigenvalue weighted by Gasteiger charge is -2.27. The minimum Gasteiger partial charge on any atom is -0.143 e. The maximum absolute atomic E-state index is 4.89. The van der Waals surface area contributed by atoms with Gasteiger partial charge in [0.1, 0.15) is 0 Å². The second-order valence-electron chi connectivity index (χ2n) is 7.99. The van der Waals surface area contributed by atoms with E-state index in [1.807, 2.05) is 0 Å². The van der Waals surface area contributed by atoms with Crippen LogP contribution in [0.5, 0.6) is 0 Å². The number of aryl methyl sites for hydroxylation is 2. The number of thiol groups is 1. The van der Waals surface area contributed by atoms with Crippen LogP contribution in [0.25, 0.3) is 22.3 Å². The molecule has 0 bridgehead atoms. The van der Waals surface area contributed by atoms with Crippen LogP contribution in [0.15, 0.2) is 65.6 Å². The molecule has 0 nitrogen and oxygen atoms in total. The van der Waals surface area contributed by atoms with Gasteiger partial charge in [-0.3, -0.25) is 0 Å². The molecule has 27 heavy (non-hydrogen) atoms. The Hall–Kier alpha value is -1.99. The highest BCUT2D eigenvalue weighted by Crippen LogP contribution is 2.45. The van der Waals surface area contributed by atoms with Gasteiger partial charge in [0.05, 0.1) is 0 Å². The van der Waals surface area contributed by atoms with Crippen LogP contribution in [0.3, 0.4) is 0 Å². The monoisotopic (exact) mass is 372 g/mol. The highest BCUT2D eigenvalue weighted by atomic mass is 32.1. The zero-order valence-corrected chi connectivity index (χ0v) is 17.2. The molecule has 0 atom stereocenters. The minimum atomic E-state index is 0.660. The van der Waals surface area contributed by atoms with Crippen LogP contribution in [0, 0.1) is 13.8 Å². The fourth-order valence-electron chi connectivity index (χ4n) is 4.41. The molecule has 1 heteroatoms. The van der Waals surface area contributed by atoms with E-state index in [2.05, 4.69) is 74.5 Å². The lowest BCUT2D eigenvalue weighted by molar-refractivity contribution is 0.444. The fraction of sp³-hybridized carbons (Fsp3) is 0.308. The summed E-state index contributed by atoms with van der Waals surface area (Å²) >= 11 is 4.89. The molecule has 0 heterocycles. The second-order valence-corrected chi connectivity index (χ2v) is 8.47. The lowest BCUT2D eigenvalue weighted by Crippen LogP contribution is -2.07. The van der Waals surface area contributed by atoms with Crippen molar-refractivity contribution in [3.05, 3.63) is 77.4 Å². The van der Waals surface area contributed by atoms with E-state index >= 15 is 0 Å². The molecular weight excluding hydrogens is 344 g/mol. The van der Waals surface area contributed by atoms with Gasteiger partial charge in [-0.25, -0.2) is 0 Å². The first-order chi connectivity index (χ1) is 13.1. The van der Waals surface area contributed by atoms with E-state index in [1.54, 1.807) is 0 Å². The maximum Gasteiger partial charge on any atom is 0.0125 e. The first-order valence-corrected chi connectivity index (χ1v) is 10.6. The Morgan fingerprint density at radius 3 is 1.70 bits per heavy atom. The average Bonchev–Trinajstić information content (AvgIpc) is 2.70. The maximum atomic E-state index is 4.89. The summed E-state index contributed by atoms with van der Waals surface area (Å²) in [4.78, 5) is 1.06. The molecule has 0 unspecified atom stereocenters. The van der Waals surface area contributed by atoms with Gasteiger partial charge in [-0.15, -0.1) is 12.6 Å². The van der Waals surface area contributed by atoms with Crippen molar-refractivity contribution in [1.82, 2.24) is 0 Å². The molecule has 3 aromatic rings. The SMILES string of the molecule is Cc1ccc(-c2c(S)ccc(C3CCCCC3)c2-c2ccc(C)cc2)cc1. The molecule has 138 valence electrons. The van der Waals surface area contributed by atoms with Crippen LogP contribution >= 0.6 is 12.6 Å². The Morgan fingerprint density at radius 1 is 0.630 bits per heavy atom. The predicted octanol–water partition coefficient (Wildman–Crippen LogP) is 7.97. The lowest BCUT2D eigenvalue weighted by atomic mass is 9.78. The summed E-state index contributed by atoms with van der Waals surface area (Å²) in [6, 6.07) is 22.5. The number of rotatable bonds is 3. The Kier molecular flexibility index (Phi) is 5.41. The third-order valence-corrected chi connectivity index (χ3v) is 6.31. The van der Waals surface area contributed by atoms with Crippen molar-refractivity contribution in [2.45, 2.75) is 56.8 Å². The molecule has 0 radical (unpaired) electrons. The Labute approximate surface area is 169 Å². The van der Waals surface area contributed by atoms with E-state index < -0.39 is 0 Å². The van der Waals surface area contributed by atoms with Gasteiger partial charge in [0, 0.05) is 10.5 Å². The highest BCUT2D eigenvalue weighted by molar-refractivity contribution is 7.80. The first-order valence-electron chi connectivity index (χ1n) is 10.1. The molecule has 1 aliphatic carbocycles. The van der Waals surface area contributed by atoms with E-state index in [4.69, 9.17) is 12.6 Å². The third kappa shape index (κ3) is 3.84. The van der Waals surface area contributed by atoms with Gasteiger partial charge >= 0.3 is 0 Å². The van der Waals surface area contributed by atoms with Crippen LogP contribution in [-0.4, -0.2) is 0 Å². The molecular formula is C26H28S. The summed E-state index contributed by atoms with van der Waals surface area (Å²) in [5, 5.41) is 0. The molecule has 0 amide bonds. The van der Waals surface area contributed by atoms with E-state index in [1.165, 1.54) is 71.0 Å². The third-order valence-electron chi connectivity index (χ3n) is 5.94. The van der Waals surface area contributed by atoms with Gasteiger partial charge in [-0.05, 0) is 60.9 Å². The van der Waals surface area contributed by atoms with E-state index in [0.717, 1.165) is 4.90 Å². The van der Waals surface area contributed by atoms with Crippen molar-refractivity contribution in [2.24, 2.45) is 0 Å². The minimum absolute atomic E-state index is 0.660. The number of hydrogen-bond donors (Lipinski definition) is 1. The standard InChI is InChI=1S/C26H28S/c1-18-8-12-21(13-9-18)25-23(20-6-4-3-5-7-20)16-17-24(27)26(25)22-14-10-19(2)11-15-22/h8-17,20,27H,3-7H2,1-2H3. The molecule has 0 N–H and O–H groups in total. The van der Waals surface area contributed by atoms with Gasteiger partial charge in [-0.2, -0.15) is 0 Å². The summed E-state index contributed by atoms with van der Waals surface area (Å²) in [7, 11) is 0. The van der Waals surface area contributed by atoms with Crippen LogP contribution in [0.2, 0.25) is 0 Å². The Balaban J connectivity index is 1.95. The highest BCUT2D eigenvalue weighted by Gasteiger charge is 2.23. The van der Waals surface area contributed by atoms with Gasteiger partial charge in [0.2, 0.25) is 0 Å². The molecule has 1 saturated carbocycles. The molecule has 0 spiro atoms. The predicted molar refractivity (Wildman–Crippen MR) is 120 cm³/mol. The number of benzene rings is 3. The van der Waals surface area contributed by atoms with Crippen LogP contribution in [0.4, 0.5) is 0 Å². The van der Waals surface area contributed by atoms with Crippen molar-refractivity contribution in [3.8, 4) is 22.3 Å². The molecule has 1 aliphatic rings. The Morgan fingerprint density at radius 2 is 1.15 bits per heavy atom. The zero-order valence-electron chi connectivity index (χ0n) is 16.3. The summed E-state index contributed by atoms with van der Waals surface area (Å²) < 4.78 is 0. The summed E-state index contributed by atoms with van der Waals surface area (Å²) in [5.74, 6) is 0.660. The topological polar surface area (TPSA) is 0 Å². The van der Waals surface area contributed by atoms with E-state index in [0.29, 0.717) is 5.92 Å². The zero-order chi connectivity index (χ0) is 18.8. The number of hydrogen-bond acceptors (Lipinski definition) is 1. The van der Waals surface area contributed by atoms with Crippen molar-refractivity contribution in [3.63, 3.8) is 0 Å². The van der Waals surface area contributed by atoms with Gasteiger partial charge < -0.3 is 0 Å².